The molecule has 2 atom stereocenters. The second kappa shape index (κ2) is 6.80. The van der Waals surface area contributed by atoms with Crippen LogP contribution in [0.4, 0.5) is 10.1 Å². The summed E-state index contributed by atoms with van der Waals surface area (Å²) in [5.74, 6) is -2.40. The van der Waals surface area contributed by atoms with E-state index in [2.05, 4.69) is 5.32 Å². The molecule has 1 aliphatic carbocycles. The Labute approximate surface area is 171 Å². The third kappa shape index (κ3) is 2.72. The number of ether oxygens (including phenoxy) is 1. The molecule has 0 spiro atoms. The van der Waals surface area contributed by atoms with Gasteiger partial charge >= 0.3 is 5.97 Å². The van der Waals surface area contributed by atoms with Crippen LogP contribution in [0.2, 0.25) is 0 Å². The van der Waals surface area contributed by atoms with Gasteiger partial charge in [-0.25, -0.2) is 9.18 Å². The number of hydrogen-bond acceptors (Lipinski definition) is 5. The van der Waals surface area contributed by atoms with Crippen LogP contribution in [0.25, 0.3) is 10.9 Å². The Morgan fingerprint density at radius 2 is 2.07 bits per heavy atom. The maximum atomic E-state index is 15.3. The molecule has 1 saturated carbocycles. The molecule has 1 aromatic heterocycles. The Kier molecular flexibility index (Phi) is 4.32. The minimum absolute atomic E-state index is 0.0111. The van der Waals surface area contributed by atoms with Crippen molar-refractivity contribution in [2.24, 2.45) is 5.92 Å². The fourth-order valence-corrected chi connectivity index (χ4v) is 4.81. The van der Waals surface area contributed by atoms with Crippen molar-refractivity contribution in [1.82, 2.24) is 9.88 Å². The van der Waals surface area contributed by atoms with Crippen molar-refractivity contribution >= 4 is 28.5 Å². The summed E-state index contributed by atoms with van der Waals surface area (Å²) in [5, 5.41) is 12.7. The Morgan fingerprint density at radius 1 is 1.30 bits per heavy atom. The third-order valence-electron chi connectivity index (χ3n) is 6.39. The number of aromatic carboxylic acids is 1. The summed E-state index contributed by atoms with van der Waals surface area (Å²) < 4.78 is 22.6. The van der Waals surface area contributed by atoms with Crippen molar-refractivity contribution < 1.29 is 23.8 Å². The zero-order chi connectivity index (χ0) is 21.2. The van der Waals surface area contributed by atoms with E-state index in [1.165, 1.54) is 18.2 Å². The molecule has 0 radical (unpaired) electrons. The van der Waals surface area contributed by atoms with Gasteiger partial charge in [-0.2, -0.15) is 0 Å². The minimum atomic E-state index is -1.36. The van der Waals surface area contributed by atoms with Crippen LogP contribution < -0.4 is 20.4 Å². The number of nitrogens with zero attached hydrogens (tertiary/aromatic N) is 2. The Balaban J connectivity index is 1.76. The van der Waals surface area contributed by atoms with Crippen LogP contribution in [-0.4, -0.2) is 47.8 Å². The number of amides is 1. The molecule has 0 unspecified atom stereocenters. The molecular weight excluding hydrogens is 393 g/mol. The molecule has 3 heterocycles. The van der Waals surface area contributed by atoms with E-state index in [0.717, 1.165) is 38.3 Å². The van der Waals surface area contributed by atoms with Crippen LogP contribution in [0.5, 0.6) is 5.75 Å². The van der Waals surface area contributed by atoms with E-state index in [9.17, 15) is 19.5 Å². The van der Waals surface area contributed by atoms with Gasteiger partial charge in [0, 0.05) is 24.8 Å². The Hall–Kier alpha value is -2.94. The smallest absolute Gasteiger partial charge is 0.341 e. The van der Waals surface area contributed by atoms with E-state index in [1.807, 2.05) is 0 Å². The summed E-state index contributed by atoms with van der Waals surface area (Å²) in [6.45, 7) is 1.14. The van der Waals surface area contributed by atoms with Crippen molar-refractivity contribution in [3.05, 3.63) is 33.9 Å². The summed E-state index contributed by atoms with van der Waals surface area (Å²) in [7, 11) is 1.37. The first-order valence-corrected chi connectivity index (χ1v) is 10.2. The maximum Gasteiger partial charge on any atom is 0.341 e. The summed E-state index contributed by atoms with van der Waals surface area (Å²) in [6, 6.07) is 1.01. The van der Waals surface area contributed by atoms with Crippen LogP contribution >= 0.6 is 0 Å². The molecule has 0 bridgehead atoms. The predicted octanol–water partition coefficient (Wildman–Crippen LogP) is 1.90. The number of aromatic nitrogens is 1. The molecule has 1 aromatic carbocycles. The lowest BCUT2D eigenvalue weighted by Crippen LogP contribution is -2.41. The van der Waals surface area contributed by atoms with Gasteiger partial charge in [-0.05, 0) is 38.3 Å². The number of methoxy groups -OCH3 is 1. The van der Waals surface area contributed by atoms with Gasteiger partial charge in [0.1, 0.15) is 11.3 Å². The molecule has 158 valence electrons. The normalized spacial score (nSPS) is 23.7. The van der Waals surface area contributed by atoms with Crippen molar-refractivity contribution in [3.8, 4) is 5.75 Å². The van der Waals surface area contributed by atoms with Gasteiger partial charge in [-0.1, -0.05) is 0 Å². The summed E-state index contributed by atoms with van der Waals surface area (Å²) in [4.78, 5) is 38.8. The Bertz CT molecular complexity index is 1140. The number of nitrogens with one attached hydrogen (secondary N) is 1. The van der Waals surface area contributed by atoms with Crippen molar-refractivity contribution in [3.63, 3.8) is 0 Å². The van der Waals surface area contributed by atoms with Crippen LogP contribution in [0.1, 0.15) is 42.1 Å². The highest BCUT2D eigenvalue weighted by molar-refractivity contribution is 6.04. The molecule has 1 amide bonds. The first kappa shape index (κ1) is 19.0. The fraction of sp³-hybridized carbons (Fsp3) is 0.476. The number of carboxylic acid groups (broad SMARTS) is 1. The highest BCUT2D eigenvalue weighted by atomic mass is 19.1. The average molecular weight is 415 g/mol. The highest BCUT2D eigenvalue weighted by Gasteiger charge is 2.44. The summed E-state index contributed by atoms with van der Waals surface area (Å²) in [5.41, 5.74) is -0.817. The van der Waals surface area contributed by atoms with E-state index in [0.29, 0.717) is 12.1 Å². The number of carbonyl (C=O) groups excluding carboxylic acids is 1. The highest BCUT2D eigenvalue weighted by Crippen LogP contribution is 2.45. The second-order valence-corrected chi connectivity index (χ2v) is 8.21. The van der Waals surface area contributed by atoms with E-state index in [-0.39, 0.29) is 40.7 Å². The number of piperidine rings is 1. The molecule has 2 N–H and O–H groups in total. The van der Waals surface area contributed by atoms with Gasteiger partial charge < -0.3 is 24.6 Å². The summed E-state index contributed by atoms with van der Waals surface area (Å²) in [6.07, 6.45) is 4.59. The van der Waals surface area contributed by atoms with E-state index >= 15 is 4.39 Å². The van der Waals surface area contributed by atoms with Gasteiger partial charge in [0.25, 0.3) is 0 Å². The minimum Gasteiger partial charge on any atom is -0.492 e. The molecule has 3 fully saturated rings. The number of carbonyl (C=O) groups is 2. The van der Waals surface area contributed by atoms with E-state index < -0.39 is 22.8 Å². The van der Waals surface area contributed by atoms with Crippen LogP contribution in [-0.2, 0) is 4.79 Å². The number of fused-ring (bicyclic) bond motifs is 2. The van der Waals surface area contributed by atoms with E-state index in [1.54, 1.807) is 4.57 Å². The topological polar surface area (TPSA) is 101 Å². The predicted molar refractivity (Wildman–Crippen MR) is 107 cm³/mol. The quantitative estimate of drug-likeness (QED) is 0.791. The van der Waals surface area contributed by atoms with Crippen molar-refractivity contribution in [1.29, 1.82) is 0 Å². The zero-order valence-corrected chi connectivity index (χ0v) is 16.5. The van der Waals surface area contributed by atoms with Gasteiger partial charge in [0.05, 0.1) is 23.9 Å². The zero-order valence-electron chi connectivity index (χ0n) is 16.5. The van der Waals surface area contributed by atoms with Crippen LogP contribution in [0, 0.1) is 11.7 Å². The second-order valence-electron chi connectivity index (χ2n) is 8.21. The monoisotopic (exact) mass is 415 g/mol. The van der Waals surface area contributed by atoms with Crippen molar-refractivity contribution in [2.75, 3.05) is 25.1 Å². The molecule has 8 nitrogen and oxygen atoms in total. The molecule has 2 saturated heterocycles. The average Bonchev–Trinajstić information content (AvgIpc) is 3.52. The molecule has 2 aliphatic heterocycles. The SMILES string of the molecule is COc1c(N2C[C@H]3NCCC[C@H]3C2=O)c(F)cc2c(=O)c(C(=O)O)cn(C3CC3)c12. The van der Waals surface area contributed by atoms with Crippen molar-refractivity contribution in [2.45, 2.75) is 37.8 Å². The van der Waals surface area contributed by atoms with Gasteiger partial charge in [0.15, 0.2) is 11.6 Å². The van der Waals surface area contributed by atoms with Gasteiger partial charge in [-0.3, -0.25) is 9.59 Å². The number of benzene rings is 1. The third-order valence-corrected chi connectivity index (χ3v) is 6.39. The van der Waals surface area contributed by atoms with Crippen LogP contribution in [0.3, 0.4) is 0 Å². The standard InChI is InChI=1S/C21H22FN3O5/c1-30-19-16-12(18(26)13(21(28)29)8-24(16)10-4-5-10)7-14(22)17(19)25-9-15-11(20(25)27)3-2-6-23-15/h7-8,10-11,15,23H,2-6,9H2,1H3,(H,28,29)/t11-,15-/m1/s1. The van der Waals surface area contributed by atoms with Gasteiger partial charge in [-0.15, -0.1) is 0 Å². The largest absolute Gasteiger partial charge is 0.492 e. The number of hydrogen-bond donors (Lipinski definition) is 2. The Morgan fingerprint density at radius 3 is 2.70 bits per heavy atom. The van der Waals surface area contributed by atoms with Crippen LogP contribution in [0.15, 0.2) is 17.1 Å². The number of rotatable bonds is 4. The van der Waals surface area contributed by atoms with E-state index in [4.69, 9.17) is 4.74 Å². The number of anilines is 1. The lowest BCUT2D eigenvalue weighted by atomic mass is 9.94. The molecular formula is C21H22FN3O5. The fourth-order valence-electron chi connectivity index (χ4n) is 4.81. The van der Waals surface area contributed by atoms with Gasteiger partial charge in [0.2, 0.25) is 11.3 Å². The lowest BCUT2D eigenvalue weighted by molar-refractivity contribution is -0.121. The molecule has 2 aromatic rings. The molecule has 3 aliphatic rings. The molecule has 30 heavy (non-hydrogen) atoms. The first-order valence-electron chi connectivity index (χ1n) is 10.2. The summed E-state index contributed by atoms with van der Waals surface area (Å²) >= 11 is 0. The number of carboxylic acids is 1. The maximum absolute atomic E-state index is 15.3. The molecule has 5 rings (SSSR count). The first-order chi connectivity index (χ1) is 14.4. The lowest BCUT2D eigenvalue weighted by Gasteiger charge is -2.23. The molecule has 9 heteroatoms. The number of pyridine rings is 1. The number of halogens is 1.